The lowest BCUT2D eigenvalue weighted by molar-refractivity contribution is -0.119. The Morgan fingerprint density at radius 2 is 2.18 bits per heavy atom. The Morgan fingerprint density at radius 1 is 1.41 bits per heavy atom. The molecule has 0 unspecified atom stereocenters. The third-order valence-electron chi connectivity index (χ3n) is 2.23. The topological polar surface area (TPSA) is 50.4 Å². The molecule has 2 N–H and O–H groups in total. The van der Waals surface area contributed by atoms with Gasteiger partial charge in [0.15, 0.2) is 0 Å². The number of anilines is 1. The van der Waals surface area contributed by atoms with Crippen molar-refractivity contribution in [1.29, 1.82) is 0 Å². The molecule has 0 heterocycles. The molecule has 1 amide bonds. The zero-order valence-electron chi connectivity index (χ0n) is 10.6. The van der Waals surface area contributed by atoms with Gasteiger partial charge < -0.3 is 15.4 Å². The summed E-state index contributed by atoms with van der Waals surface area (Å²) >= 11 is 0. The minimum atomic E-state index is 0.00141. The van der Waals surface area contributed by atoms with Crippen molar-refractivity contribution in [2.24, 2.45) is 5.92 Å². The van der Waals surface area contributed by atoms with Crippen molar-refractivity contribution in [3.05, 3.63) is 24.3 Å². The molecule has 1 rings (SSSR count). The van der Waals surface area contributed by atoms with Crippen molar-refractivity contribution in [1.82, 2.24) is 5.32 Å². The molecule has 0 aliphatic rings. The number of methoxy groups -OCH3 is 1. The van der Waals surface area contributed by atoms with Crippen LogP contribution in [-0.4, -0.2) is 26.1 Å². The number of amides is 1. The van der Waals surface area contributed by atoms with Crippen LogP contribution in [0.5, 0.6) is 5.75 Å². The molecule has 1 aromatic carbocycles. The van der Waals surface area contributed by atoms with E-state index in [2.05, 4.69) is 24.5 Å². The average Bonchev–Trinajstić information content (AvgIpc) is 2.34. The molecule has 0 aliphatic heterocycles. The van der Waals surface area contributed by atoms with E-state index in [9.17, 15) is 4.79 Å². The smallest absolute Gasteiger partial charge is 0.239 e. The van der Waals surface area contributed by atoms with Gasteiger partial charge in [-0.1, -0.05) is 19.9 Å². The first-order valence-electron chi connectivity index (χ1n) is 5.76. The van der Waals surface area contributed by atoms with Gasteiger partial charge in [0.05, 0.1) is 13.7 Å². The molecule has 94 valence electrons. The van der Waals surface area contributed by atoms with Gasteiger partial charge in [-0.05, 0) is 18.1 Å². The normalized spacial score (nSPS) is 10.1. The number of nitrogens with one attached hydrogen (secondary N) is 2. The van der Waals surface area contributed by atoms with Gasteiger partial charge in [0, 0.05) is 18.3 Å². The highest BCUT2D eigenvalue weighted by Gasteiger charge is 2.02. The zero-order valence-corrected chi connectivity index (χ0v) is 10.6. The van der Waals surface area contributed by atoms with Crippen LogP contribution in [0.15, 0.2) is 24.3 Å². The Kier molecular flexibility index (Phi) is 5.33. The lowest BCUT2D eigenvalue weighted by Crippen LogP contribution is -2.32. The van der Waals surface area contributed by atoms with E-state index in [-0.39, 0.29) is 12.5 Å². The Bertz CT molecular complexity index is 364. The quantitative estimate of drug-likeness (QED) is 0.793. The third kappa shape index (κ3) is 5.24. The number of hydrogen-bond donors (Lipinski definition) is 2. The zero-order chi connectivity index (χ0) is 12.7. The minimum Gasteiger partial charge on any atom is -0.497 e. The molecule has 1 aromatic rings. The fourth-order valence-electron chi connectivity index (χ4n) is 1.30. The van der Waals surface area contributed by atoms with Crippen LogP contribution in [0.2, 0.25) is 0 Å². The van der Waals surface area contributed by atoms with Gasteiger partial charge >= 0.3 is 0 Å². The number of ether oxygens (including phenoxy) is 1. The number of hydrogen-bond acceptors (Lipinski definition) is 3. The number of carbonyl (C=O) groups excluding carboxylic acids is 1. The van der Waals surface area contributed by atoms with Gasteiger partial charge in [-0.2, -0.15) is 0 Å². The number of carbonyl (C=O) groups is 1. The minimum absolute atomic E-state index is 0.00141. The maximum Gasteiger partial charge on any atom is 0.239 e. The van der Waals surface area contributed by atoms with E-state index in [0.29, 0.717) is 12.5 Å². The Labute approximate surface area is 102 Å². The largest absolute Gasteiger partial charge is 0.497 e. The van der Waals surface area contributed by atoms with E-state index in [0.717, 1.165) is 11.4 Å². The van der Waals surface area contributed by atoms with E-state index in [1.807, 2.05) is 24.3 Å². The molecule has 0 radical (unpaired) electrons. The first-order valence-corrected chi connectivity index (χ1v) is 5.76. The van der Waals surface area contributed by atoms with Gasteiger partial charge in [-0.3, -0.25) is 4.79 Å². The second-order valence-electron chi connectivity index (χ2n) is 4.28. The monoisotopic (exact) mass is 236 g/mol. The van der Waals surface area contributed by atoms with Gasteiger partial charge in [0.2, 0.25) is 5.91 Å². The SMILES string of the molecule is COc1cccc(NCC(=O)NCC(C)C)c1. The highest BCUT2D eigenvalue weighted by molar-refractivity contribution is 5.80. The average molecular weight is 236 g/mol. The first kappa shape index (κ1) is 13.4. The van der Waals surface area contributed by atoms with E-state index in [1.54, 1.807) is 7.11 Å². The molecule has 0 bridgehead atoms. The van der Waals surface area contributed by atoms with Crippen LogP contribution in [-0.2, 0) is 4.79 Å². The standard InChI is InChI=1S/C13H20N2O2/c1-10(2)8-15-13(16)9-14-11-5-4-6-12(7-11)17-3/h4-7,10,14H,8-9H2,1-3H3,(H,15,16). The Balaban J connectivity index is 2.36. The summed E-state index contributed by atoms with van der Waals surface area (Å²) < 4.78 is 5.10. The fraction of sp³-hybridized carbons (Fsp3) is 0.462. The molecule has 0 saturated heterocycles. The first-order chi connectivity index (χ1) is 8.11. The van der Waals surface area contributed by atoms with Crippen LogP contribution < -0.4 is 15.4 Å². The molecule has 0 aromatic heterocycles. The van der Waals surface area contributed by atoms with Gasteiger partial charge in [-0.15, -0.1) is 0 Å². The summed E-state index contributed by atoms with van der Waals surface area (Å²) in [5.74, 6) is 1.25. The maximum atomic E-state index is 11.5. The van der Waals surface area contributed by atoms with Crippen molar-refractivity contribution < 1.29 is 9.53 Å². The molecule has 4 nitrogen and oxygen atoms in total. The Hall–Kier alpha value is -1.71. The molecule has 0 spiro atoms. The predicted octanol–water partition coefficient (Wildman–Crippen LogP) is 1.88. The molecule has 0 atom stereocenters. The van der Waals surface area contributed by atoms with E-state index in [1.165, 1.54) is 0 Å². The summed E-state index contributed by atoms with van der Waals surface area (Å²) in [6, 6.07) is 7.51. The summed E-state index contributed by atoms with van der Waals surface area (Å²) in [7, 11) is 1.62. The molecule has 17 heavy (non-hydrogen) atoms. The molecule has 0 fully saturated rings. The summed E-state index contributed by atoms with van der Waals surface area (Å²) in [6.07, 6.45) is 0. The van der Waals surface area contributed by atoms with Crippen LogP contribution >= 0.6 is 0 Å². The summed E-state index contributed by atoms with van der Waals surface area (Å²) in [4.78, 5) is 11.5. The lowest BCUT2D eigenvalue weighted by Gasteiger charge is -2.10. The highest BCUT2D eigenvalue weighted by Crippen LogP contribution is 2.16. The van der Waals surface area contributed by atoms with E-state index < -0.39 is 0 Å². The highest BCUT2D eigenvalue weighted by atomic mass is 16.5. The van der Waals surface area contributed by atoms with Crippen LogP contribution in [0.25, 0.3) is 0 Å². The van der Waals surface area contributed by atoms with E-state index >= 15 is 0 Å². The van der Waals surface area contributed by atoms with Crippen molar-refractivity contribution in [2.75, 3.05) is 25.5 Å². The predicted molar refractivity (Wildman–Crippen MR) is 69.3 cm³/mol. The van der Waals surface area contributed by atoms with Crippen LogP contribution in [0, 0.1) is 5.92 Å². The summed E-state index contributed by atoms with van der Waals surface area (Å²) in [5, 5.41) is 5.90. The number of rotatable bonds is 6. The molecule has 0 saturated carbocycles. The van der Waals surface area contributed by atoms with E-state index in [4.69, 9.17) is 4.74 Å². The van der Waals surface area contributed by atoms with Crippen molar-refractivity contribution in [3.8, 4) is 5.75 Å². The second kappa shape index (κ2) is 6.78. The van der Waals surface area contributed by atoms with Gasteiger partial charge in [-0.25, -0.2) is 0 Å². The lowest BCUT2D eigenvalue weighted by atomic mass is 10.2. The maximum absolute atomic E-state index is 11.5. The molecule has 4 heteroatoms. The summed E-state index contributed by atoms with van der Waals surface area (Å²) in [5.41, 5.74) is 0.879. The number of benzene rings is 1. The van der Waals surface area contributed by atoms with Crippen molar-refractivity contribution in [2.45, 2.75) is 13.8 Å². The van der Waals surface area contributed by atoms with Crippen LogP contribution in [0.3, 0.4) is 0 Å². The van der Waals surface area contributed by atoms with Crippen LogP contribution in [0.1, 0.15) is 13.8 Å². The summed E-state index contributed by atoms with van der Waals surface area (Å²) in [6.45, 7) is 5.12. The van der Waals surface area contributed by atoms with Gasteiger partial charge in [0.1, 0.15) is 5.75 Å². The molecular weight excluding hydrogens is 216 g/mol. The molecular formula is C13H20N2O2. The second-order valence-corrected chi connectivity index (χ2v) is 4.28. The van der Waals surface area contributed by atoms with Crippen LogP contribution in [0.4, 0.5) is 5.69 Å². The third-order valence-corrected chi connectivity index (χ3v) is 2.23. The van der Waals surface area contributed by atoms with Gasteiger partial charge in [0.25, 0.3) is 0 Å². The van der Waals surface area contributed by atoms with Crippen molar-refractivity contribution in [3.63, 3.8) is 0 Å². The van der Waals surface area contributed by atoms with Crippen molar-refractivity contribution >= 4 is 11.6 Å². The fourth-order valence-corrected chi connectivity index (χ4v) is 1.30. The molecule has 0 aliphatic carbocycles. The Morgan fingerprint density at radius 3 is 2.82 bits per heavy atom.